The van der Waals surface area contributed by atoms with E-state index >= 15 is 0 Å². The molecular formula is C25H29F2N7O5S2. The van der Waals surface area contributed by atoms with Crippen LogP contribution in [0.3, 0.4) is 0 Å². The highest BCUT2D eigenvalue weighted by atomic mass is 32.2. The Kier molecular flexibility index (Phi) is 7.38. The summed E-state index contributed by atoms with van der Waals surface area (Å²) in [5.41, 5.74) is -1.76. The number of pyridine rings is 1. The van der Waals surface area contributed by atoms with Crippen molar-refractivity contribution in [2.45, 2.75) is 31.8 Å². The van der Waals surface area contributed by atoms with E-state index in [4.69, 9.17) is 0 Å². The van der Waals surface area contributed by atoms with Crippen molar-refractivity contribution in [3.05, 3.63) is 62.5 Å². The largest absolute Gasteiger partial charge is 0.502 e. The fourth-order valence-corrected chi connectivity index (χ4v) is 7.44. The summed E-state index contributed by atoms with van der Waals surface area (Å²) in [6, 6.07) is 3.21. The van der Waals surface area contributed by atoms with Crippen molar-refractivity contribution in [3.63, 3.8) is 0 Å². The van der Waals surface area contributed by atoms with Gasteiger partial charge in [0.25, 0.3) is 16.1 Å². The quantitative estimate of drug-likeness (QED) is 0.446. The Morgan fingerprint density at radius 2 is 1.83 bits per heavy atom. The lowest BCUT2D eigenvalue weighted by Crippen LogP contribution is -2.72. The summed E-state index contributed by atoms with van der Waals surface area (Å²) in [7, 11) is 0.980. The van der Waals surface area contributed by atoms with Gasteiger partial charge in [0.05, 0.1) is 5.56 Å². The van der Waals surface area contributed by atoms with Gasteiger partial charge >= 0.3 is 0 Å². The van der Waals surface area contributed by atoms with Gasteiger partial charge in [0.15, 0.2) is 16.5 Å². The van der Waals surface area contributed by atoms with Gasteiger partial charge in [-0.05, 0) is 18.6 Å². The normalized spacial score (nSPS) is 17.5. The van der Waals surface area contributed by atoms with Crippen molar-refractivity contribution >= 4 is 27.5 Å². The first-order valence-corrected chi connectivity index (χ1v) is 15.0. The van der Waals surface area contributed by atoms with Gasteiger partial charge in [-0.25, -0.2) is 8.78 Å². The number of carbonyl (C=O) groups is 1. The number of nitrogens with zero attached hydrogens (tertiary/aromatic N) is 7. The maximum atomic E-state index is 14.2. The molecule has 0 saturated carbocycles. The molecule has 0 unspecified atom stereocenters. The van der Waals surface area contributed by atoms with Crippen molar-refractivity contribution in [1.29, 1.82) is 0 Å². The second kappa shape index (κ2) is 10.4. The average molecular weight is 610 g/mol. The summed E-state index contributed by atoms with van der Waals surface area (Å²) in [6.07, 6.45) is 1.99. The van der Waals surface area contributed by atoms with E-state index in [1.165, 1.54) is 35.3 Å². The van der Waals surface area contributed by atoms with Gasteiger partial charge in [-0.1, -0.05) is 17.4 Å². The van der Waals surface area contributed by atoms with Gasteiger partial charge in [0, 0.05) is 72.3 Å². The average Bonchev–Trinajstić information content (AvgIpc) is 3.39. The zero-order valence-corrected chi connectivity index (χ0v) is 24.5. The molecule has 0 radical (unpaired) electrons. The number of aromatic nitrogens is 3. The Balaban J connectivity index is 1.52. The molecule has 2 aliphatic rings. The summed E-state index contributed by atoms with van der Waals surface area (Å²) in [6.45, 7) is 2.35. The molecule has 0 bridgehead atoms. The van der Waals surface area contributed by atoms with E-state index in [-0.39, 0.29) is 60.7 Å². The molecule has 41 heavy (non-hydrogen) atoms. The van der Waals surface area contributed by atoms with E-state index in [0.717, 1.165) is 27.8 Å². The number of piperidine rings is 1. The number of rotatable bonds is 6. The van der Waals surface area contributed by atoms with Gasteiger partial charge in [-0.3, -0.25) is 19.3 Å². The highest BCUT2D eigenvalue weighted by Crippen LogP contribution is 2.39. The van der Waals surface area contributed by atoms with Gasteiger partial charge in [-0.15, -0.1) is 10.2 Å². The SMILES string of the molecule is CCN1C(=O)c2c(O)c(=O)c(-c3nnc(Cc4ccc(F)cc4F)s3)cn2N(C)C12CCN(S(=O)(=O)N(C)C)CC2. The van der Waals surface area contributed by atoms with E-state index in [1.54, 1.807) is 23.9 Å². The van der Waals surface area contributed by atoms with Gasteiger partial charge in [0.2, 0.25) is 5.43 Å². The van der Waals surface area contributed by atoms with Crippen LogP contribution in [-0.4, -0.2) is 94.3 Å². The fraction of sp³-hybridized carbons (Fsp3) is 0.440. The van der Waals surface area contributed by atoms with Crippen molar-refractivity contribution in [2.75, 3.05) is 45.8 Å². The van der Waals surface area contributed by atoms with Crippen LogP contribution in [0, 0.1) is 11.6 Å². The van der Waals surface area contributed by atoms with Crippen LogP contribution in [0.1, 0.15) is 40.8 Å². The summed E-state index contributed by atoms with van der Waals surface area (Å²) in [5.74, 6) is -2.74. The Morgan fingerprint density at radius 3 is 2.44 bits per heavy atom. The molecule has 0 aliphatic carbocycles. The molecule has 5 rings (SSSR count). The zero-order chi connectivity index (χ0) is 29.9. The van der Waals surface area contributed by atoms with Crippen LogP contribution in [0.15, 0.2) is 29.2 Å². The number of fused-ring (bicyclic) bond motifs is 1. The molecule has 0 atom stereocenters. The molecule has 1 N–H and O–H groups in total. The Bertz CT molecular complexity index is 1680. The molecule has 2 aromatic heterocycles. The maximum absolute atomic E-state index is 14.2. The van der Waals surface area contributed by atoms with Gasteiger partial charge in [-0.2, -0.15) is 17.0 Å². The fourth-order valence-electron chi connectivity index (χ4n) is 5.47. The molecule has 16 heteroatoms. The van der Waals surface area contributed by atoms with Crippen molar-refractivity contribution in [2.24, 2.45) is 0 Å². The second-order valence-electron chi connectivity index (χ2n) is 10.1. The lowest BCUT2D eigenvalue weighted by molar-refractivity contribution is 0.00942. The predicted molar refractivity (Wildman–Crippen MR) is 147 cm³/mol. The van der Waals surface area contributed by atoms with Crippen LogP contribution in [0.5, 0.6) is 5.75 Å². The standard InChI is InChI=1S/C25H29F2N7O5S2/c1-5-33-24(37)20-22(36)21(35)17(23-29-28-19(40-23)12-15-6-7-16(26)13-18(15)27)14-34(20)31(4)25(33)8-10-32(11-9-25)41(38,39)30(2)3/h6-7,13-14,36H,5,8-12H2,1-4H3. The lowest BCUT2D eigenvalue weighted by Gasteiger charge is -2.56. The summed E-state index contributed by atoms with van der Waals surface area (Å²) in [5, 5.41) is 21.3. The van der Waals surface area contributed by atoms with Crippen LogP contribution in [0.2, 0.25) is 0 Å². The minimum Gasteiger partial charge on any atom is -0.502 e. The Hall–Kier alpha value is -3.47. The molecule has 3 aromatic rings. The molecule has 1 fully saturated rings. The third-order valence-corrected chi connectivity index (χ3v) is 10.6. The molecular weight excluding hydrogens is 580 g/mol. The minimum atomic E-state index is -3.65. The highest BCUT2D eigenvalue weighted by molar-refractivity contribution is 7.86. The van der Waals surface area contributed by atoms with Gasteiger partial charge in [0.1, 0.15) is 22.3 Å². The number of amides is 1. The molecule has 1 spiro atoms. The molecule has 12 nitrogen and oxygen atoms in total. The Labute approximate surface area is 239 Å². The smallest absolute Gasteiger partial charge is 0.281 e. The van der Waals surface area contributed by atoms with Crippen LogP contribution in [0.25, 0.3) is 10.6 Å². The second-order valence-corrected chi connectivity index (χ2v) is 13.3. The van der Waals surface area contributed by atoms with E-state index in [9.17, 15) is 31.9 Å². The molecule has 2 aliphatic heterocycles. The molecule has 1 aromatic carbocycles. The highest BCUT2D eigenvalue weighted by Gasteiger charge is 2.52. The van der Waals surface area contributed by atoms with Crippen molar-refractivity contribution in [1.82, 2.24) is 28.4 Å². The summed E-state index contributed by atoms with van der Waals surface area (Å²) < 4.78 is 56.8. The molecule has 220 valence electrons. The van der Waals surface area contributed by atoms with E-state index < -0.39 is 44.6 Å². The third-order valence-electron chi connectivity index (χ3n) is 7.72. The first-order chi connectivity index (χ1) is 19.3. The number of benzene rings is 1. The summed E-state index contributed by atoms with van der Waals surface area (Å²) >= 11 is 1.01. The Morgan fingerprint density at radius 1 is 1.15 bits per heavy atom. The van der Waals surface area contributed by atoms with Crippen LogP contribution in [-0.2, 0) is 16.6 Å². The number of hydrogen-bond acceptors (Lipinski definition) is 9. The van der Waals surface area contributed by atoms with Crippen LogP contribution in [0.4, 0.5) is 8.78 Å². The maximum Gasteiger partial charge on any atom is 0.281 e. The number of hydrogen-bond donors (Lipinski definition) is 1. The lowest BCUT2D eigenvalue weighted by atomic mass is 9.93. The number of carbonyl (C=O) groups excluding carboxylic acids is 1. The molecule has 1 amide bonds. The van der Waals surface area contributed by atoms with E-state index in [2.05, 4.69) is 10.2 Å². The summed E-state index contributed by atoms with van der Waals surface area (Å²) in [4.78, 5) is 28.5. The number of halogens is 2. The topological polar surface area (TPSA) is 132 Å². The minimum absolute atomic E-state index is 0.0121. The third kappa shape index (κ3) is 4.67. The zero-order valence-electron chi connectivity index (χ0n) is 22.8. The number of aromatic hydroxyl groups is 1. The van der Waals surface area contributed by atoms with Crippen molar-refractivity contribution < 1.29 is 27.1 Å². The predicted octanol–water partition coefficient (Wildman–Crippen LogP) is 1.58. The van der Waals surface area contributed by atoms with Crippen LogP contribution < -0.4 is 10.4 Å². The van der Waals surface area contributed by atoms with E-state index in [0.29, 0.717) is 5.01 Å². The van der Waals surface area contributed by atoms with E-state index in [1.807, 2.05) is 0 Å². The molecule has 4 heterocycles. The monoisotopic (exact) mass is 609 g/mol. The van der Waals surface area contributed by atoms with Gasteiger partial charge < -0.3 is 10.0 Å². The first kappa shape index (κ1) is 29.0. The first-order valence-electron chi connectivity index (χ1n) is 12.8. The molecule has 1 saturated heterocycles. The van der Waals surface area contributed by atoms with Crippen LogP contribution >= 0.6 is 11.3 Å². The van der Waals surface area contributed by atoms with Crippen molar-refractivity contribution in [3.8, 4) is 16.3 Å².